The van der Waals surface area contributed by atoms with Gasteiger partial charge in [0.25, 0.3) is 5.56 Å². The average molecular weight is 219 g/mol. The minimum Gasteiger partial charge on any atom is -0.373 e. The highest BCUT2D eigenvalue weighted by Crippen LogP contribution is 2.34. The molecule has 16 heavy (non-hydrogen) atoms. The van der Waals surface area contributed by atoms with E-state index in [1.165, 1.54) is 18.4 Å². The number of pyridine rings is 1. The molecule has 1 unspecified atom stereocenters. The number of ether oxygens (including phenoxy) is 1. The summed E-state index contributed by atoms with van der Waals surface area (Å²) in [5.41, 5.74) is 1.30. The third-order valence-corrected chi connectivity index (χ3v) is 3.45. The summed E-state index contributed by atoms with van der Waals surface area (Å²) in [5, 5.41) is 0. The van der Waals surface area contributed by atoms with Crippen LogP contribution in [0.25, 0.3) is 0 Å². The molecule has 3 nitrogen and oxygen atoms in total. The van der Waals surface area contributed by atoms with Crippen LogP contribution in [0, 0.1) is 0 Å². The zero-order chi connectivity index (χ0) is 11.0. The number of hydrogen-bond acceptors (Lipinski definition) is 2. The Morgan fingerprint density at radius 3 is 2.75 bits per heavy atom. The van der Waals surface area contributed by atoms with Crippen LogP contribution in [0.5, 0.6) is 0 Å². The van der Waals surface area contributed by atoms with Crippen molar-refractivity contribution in [2.45, 2.75) is 44.2 Å². The molecule has 0 aromatic carbocycles. The zero-order valence-electron chi connectivity index (χ0n) is 9.39. The Hall–Kier alpha value is -1.09. The van der Waals surface area contributed by atoms with E-state index in [-0.39, 0.29) is 11.7 Å². The summed E-state index contributed by atoms with van der Waals surface area (Å²) in [4.78, 5) is 11.7. The van der Waals surface area contributed by atoms with Crippen molar-refractivity contribution in [1.29, 1.82) is 0 Å². The van der Waals surface area contributed by atoms with Gasteiger partial charge in [-0.05, 0) is 43.7 Å². The predicted molar refractivity (Wildman–Crippen MR) is 61.5 cm³/mol. The van der Waals surface area contributed by atoms with Gasteiger partial charge in [0, 0.05) is 24.9 Å². The van der Waals surface area contributed by atoms with Gasteiger partial charge in [0.2, 0.25) is 0 Å². The Balaban J connectivity index is 1.88. The Kier molecular flexibility index (Phi) is 2.56. The van der Waals surface area contributed by atoms with Crippen LogP contribution < -0.4 is 5.56 Å². The van der Waals surface area contributed by atoms with Gasteiger partial charge < -0.3 is 9.30 Å². The fraction of sp³-hybridized carbons (Fsp3) is 0.615. The van der Waals surface area contributed by atoms with Gasteiger partial charge in [-0.15, -0.1) is 0 Å². The molecule has 1 aromatic rings. The van der Waals surface area contributed by atoms with Crippen LogP contribution in [-0.4, -0.2) is 11.2 Å². The SMILES string of the molecule is O=c1ccc(C2CCCCO2)cn1C1CC1. The lowest BCUT2D eigenvalue weighted by atomic mass is 10.0. The van der Waals surface area contributed by atoms with E-state index in [1.54, 1.807) is 6.07 Å². The summed E-state index contributed by atoms with van der Waals surface area (Å²) in [5.74, 6) is 0. The predicted octanol–water partition coefficient (Wildman–Crippen LogP) is 2.42. The van der Waals surface area contributed by atoms with Crippen molar-refractivity contribution in [3.8, 4) is 0 Å². The van der Waals surface area contributed by atoms with Gasteiger partial charge >= 0.3 is 0 Å². The van der Waals surface area contributed by atoms with E-state index in [4.69, 9.17) is 4.74 Å². The summed E-state index contributed by atoms with van der Waals surface area (Å²) in [6, 6.07) is 4.07. The van der Waals surface area contributed by atoms with Crippen molar-refractivity contribution >= 4 is 0 Å². The number of hydrogen-bond donors (Lipinski definition) is 0. The van der Waals surface area contributed by atoms with Crippen LogP contribution in [0.4, 0.5) is 0 Å². The molecule has 1 aliphatic heterocycles. The highest BCUT2D eigenvalue weighted by Gasteiger charge is 2.25. The number of nitrogens with zero attached hydrogens (tertiary/aromatic N) is 1. The average Bonchev–Trinajstić information content (AvgIpc) is 3.15. The lowest BCUT2D eigenvalue weighted by Gasteiger charge is -2.23. The van der Waals surface area contributed by atoms with Gasteiger partial charge in [-0.1, -0.05) is 0 Å². The quantitative estimate of drug-likeness (QED) is 0.765. The van der Waals surface area contributed by atoms with E-state index in [1.807, 2.05) is 16.8 Å². The molecule has 1 aromatic heterocycles. The van der Waals surface area contributed by atoms with Crippen LogP contribution >= 0.6 is 0 Å². The first-order chi connectivity index (χ1) is 7.84. The van der Waals surface area contributed by atoms with Gasteiger partial charge in [0.1, 0.15) is 0 Å². The second-order valence-corrected chi connectivity index (χ2v) is 4.79. The zero-order valence-corrected chi connectivity index (χ0v) is 9.39. The van der Waals surface area contributed by atoms with Crippen LogP contribution in [0.2, 0.25) is 0 Å². The Morgan fingerprint density at radius 2 is 2.06 bits per heavy atom. The molecule has 2 aliphatic rings. The Bertz CT molecular complexity index is 428. The van der Waals surface area contributed by atoms with E-state index in [2.05, 4.69) is 0 Å². The van der Waals surface area contributed by atoms with Gasteiger partial charge in [-0.2, -0.15) is 0 Å². The first-order valence-corrected chi connectivity index (χ1v) is 6.18. The minimum atomic E-state index is 0.127. The topological polar surface area (TPSA) is 31.2 Å². The summed E-state index contributed by atoms with van der Waals surface area (Å²) in [6.07, 6.45) is 7.99. The second kappa shape index (κ2) is 4.06. The van der Waals surface area contributed by atoms with Crippen LogP contribution in [0.1, 0.15) is 49.8 Å². The maximum atomic E-state index is 11.7. The molecule has 0 radical (unpaired) electrons. The lowest BCUT2D eigenvalue weighted by Crippen LogP contribution is -2.20. The first-order valence-electron chi connectivity index (χ1n) is 6.18. The molecule has 2 fully saturated rings. The fourth-order valence-corrected chi connectivity index (χ4v) is 2.35. The van der Waals surface area contributed by atoms with E-state index in [0.29, 0.717) is 6.04 Å². The normalized spacial score (nSPS) is 25.6. The first kappa shape index (κ1) is 10.1. The third-order valence-electron chi connectivity index (χ3n) is 3.45. The number of rotatable bonds is 2. The molecule has 1 saturated heterocycles. The summed E-state index contributed by atoms with van der Waals surface area (Å²) in [7, 11) is 0. The molecule has 86 valence electrons. The maximum Gasteiger partial charge on any atom is 0.250 e. The van der Waals surface area contributed by atoms with Crippen molar-refractivity contribution in [2.24, 2.45) is 0 Å². The molecule has 2 heterocycles. The summed E-state index contributed by atoms with van der Waals surface area (Å²) < 4.78 is 7.63. The maximum absolute atomic E-state index is 11.7. The lowest BCUT2D eigenvalue weighted by molar-refractivity contribution is 0.0145. The highest BCUT2D eigenvalue weighted by molar-refractivity contribution is 5.15. The van der Waals surface area contributed by atoms with Crippen molar-refractivity contribution in [3.05, 3.63) is 34.2 Å². The third kappa shape index (κ3) is 1.92. The molecular formula is C13H17NO2. The fourth-order valence-electron chi connectivity index (χ4n) is 2.35. The van der Waals surface area contributed by atoms with Gasteiger partial charge in [-0.3, -0.25) is 4.79 Å². The summed E-state index contributed by atoms with van der Waals surface area (Å²) >= 11 is 0. The molecule has 1 saturated carbocycles. The Labute approximate surface area is 95.0 Å². The van der Waals surface area contributed by atoms with Gasteiger partial charge in [0.05, 0.1) is 6.10 Å². The monoisotopic (exact) mass is 219 g/mol. The molecule has 0 N–H and O–H groups in total. The standard InChI is InChI=1S/C13H17NO2/c15-13-7-4-10(9-14(13)11-5-6-11)12-3-1-2-8-16-12/h4,7,9,11-12H,1-3,5-6,8H2. The van der Waals surface area contributed by atoms with Crippen molar-refractivity contribution < 1.29 is 4.74 Å². The van der Waals surface area contributed by atoms with Crippen LogP contribution in [-0.2, 0) is 4.74 Å². The molecular weight excluding hydrogens is 202 g/mol. The molecule has 0 spiro atoms. The summed E-state index contributed by atoms with van der Waals surface area (Å²) in [6.45, 7) is 0.854. The molecule has 3 rings (SSSR count). The molecule has 0 bridgehead atoms. The van der Waals surface area contributed by atoms with E-state index >= 15 is 0 Å². The van der Waals surface area contributed by atoms with Gasteiger partial charge in [-0.25, -0.2) is 0 Å². The highest BCUT2D eigenvalue weighted by atomic mass is 16.5. The van der Waals surface area contributed by atoms with Crippen molar-refractivity contribution in [2.75, 3.05) is 6.61 Å². The van der Waals surface area contributed by atoms with E-state index < -0.39 is 0 Å². The van der Waals surface area contributed by atoms with E-state index in [9.17, 15) is 4.79 Å². The second-order valence-electron chi connectivity index (χ2n) is 4.79. The number of aromatic nitrogens is 1. The van der Waals surface area contributed by atoms with Crippen LogP contribution in [0.3, 0.4) is 0 Å². The molecule has 1 aliphatic carbocycles. The smallest absolute Gasteiger partial charge is 0.250 e. The van der Waals surface area contributed by atoms with Crippen molar-refractivity contribution in [3.63, 3.8) is 0 Å². The molecule has 0 amide bonds. The molecule has 3 heteroatoms. The van der Waals surface area contributed by atoms with Crippen molar-refractivity contribution in [1.82, 2.24) is 4.57 Å². The Morgan fingerprint density at radius 1 is 1.19 bits per heavy atom. The van der Waals surface area contributed by atoms with E-state index in [0.717, 1.165) is 25.9 Å². The van der Waals surface area contributed by atoms with Gasteiger partial charge in [0.15, 0.2) is 0 Å². The molecule has 1 atom stereocenters. The minimum absolute atomic E-state index is 0.127. The largest absolute Gasteiger partial charge is 0.373 e. The van der Waals surface area contributed by atoms with Crippen LogP contribution in [0.15, 0.2) is 23.1 Å².